The van der Waals surface area contributed by atoms with E-state index in [2.05, 4.69) is 26.0 Å². The normalized spacial score (nSPS) is 13.8. The molecule has 0 fully saturated rings. The Kier molecular flexibility index (Phi) is 3.36. The molecule has 1 unspecified atom stereocenters. The molecule has 5 nitrogen and oxygen atoms in total. The van der Waals surface area contributed by atoms with Crippen molar-refractivity contribution >= 4 is 10.8 Å². The van der Waals surface area contributed by atoms with Gasteiger partial charge in [0.1, 0.15) is 11.9 Å². The third-order valence-corrected chi connectivity index (χ3v) is 4.30. The van der Waals surface area contributed by atoms with Crippen molar-refractivity contribution < 1.29 is 5.11 Å². The van der Waals surface area contributed by atoms with E-state index in [4.69, 9.17) is 0 Å². The first-order valence-electron chi connectivity index (χ1n) is 7.66. The summed E-state index contributed by atoms with van der Waals surface area (Å²) in [7, 11) is 0. The molecule has 24 heavy (non-hydrogen) atoms. The quantitative estimate of drug-likeness (QED) is 0.608. The van der Waals surface area contributed by atoms with Crippen molar-refractivity contribution in [3.05, 3.63) is 78.9 Å². The molecule has 0 spiro atoms. The molecule has 0 saturated heterocycles. The predicted octanol–water partition coefficient (Wildman–Crippen LogP) is 3.28. The molecular weight excluding hydrogens is 300 g/mol. The van der Waals surface area contributed by atoms with Crippen LogP contribution in [-0.2, 0) is 5.60 Å². The van der Waals surface area contributed by atoms with E-state index in [9.17, 15) is 5.11 Å². The molecule has 0 aliphatic carbocycles. The summed E-state index contributed by atoms with van der Waals surface area (Å²) >= 11 is 0. The average Bonchev–Trinajstić information content (AvgIpc) is 3.17. The summed E-state index contributed by atoms with van der Waals surface area (Å²) in [6.45, 7) is 1.76. The van der Waals surface area contributed by atoms with Gasteiger partial charge in [-0.1, -0.05) is 30.3 Å². The number of nitrogens with one attached hydrogen (secondary N) is 1. The zero-order valence-electron chi connectivity index (χ0n) is 13.1. The second kappa shape index (κ2) is 5.54. The molecule has 5 heteroatoms. The number of benzene rings is 2. The summed E-state index contributed by atoms with van der Waals surface area (Å²) in [4.78, 5) is 15.3. The summed E-state index contributed by atoms with van der Waals surface area (Å²) in [6, 6.07) is 12.1. The minimum absolute atomic E-state index is 0.587. The summed E-state index contributed by atoms with van der Waals surface area (Å²) < 4.78 is 0. The number of H-pyrrole nitrogens is 1. The van der Waals surface area contributed by atoms with Crippen molar-refractivity contribution in [2.24, 2.45) is 0 Å². The van der Waals surface area contributed by atoms with E-state index in [0.29, 0.717) is 5.69 Å². The Bertz CT molecular complexity index is 979. The van der Waals surface area contributed by atoms with Crippen LogP contribution < -0.4 is 0 Å². The monoisotopic (exact) mass is 316 g/mol. The number of aliphatic hydroxyl groups is 1. The van der Waals surface area contributed by atoms with Gasteiger partial charge in [-0.25, -0.2) is 15.0 Å². The lowest BCUT2D eigenvalue weighted by molar-refractivity contribution is 0.0995. The number of nitrogens with zero attached hydrogens (tertiary/aromatic N) is 3. The smallest absolute Gasteiger partial charge is 0.131 e. The van der Waals surface area contributed by atoms with Gasteiger partial charge < -0.3 is 10.1 Å². The largest absolute Gasteiger partial charge is 0.379 e. The maximum atomic E-state index is 11.1. The molecule has 118 valence electrons. The van der Waals surface area contributed by atoms with E-state index in [0.717, 1.165) is 27.5 Å². The van der Waals surface area contributed by atoms with Crippen LogP contribution in [0.4, 0.5) is 0 Å². The fourth-order valence-corrected chi connectivity index (χ4v) is 2.99. The number of imidazole rings is 1. The number of hydrogen-bond acceptors (Lipinski definition) is 4. The third-order valence-electron chi connectivity index (χ3n) is 4.30. The van der Waals surface area contributed by atoms with Crippen LogP contribution in [0.5, 0.6) is 0 Å². The lowest BCUT2D eigenvalue weighted by Crippen LogP contribution is -2.23. The van der Waals surface area contributed by atoms with Crippen molar-refractivity contribution in [3.8, 4) is 11.1 Å². The average molecular weight is 316 g/mol. The van der Waals surface area contributed by atoms with Crippen LogP contribution in [0.25, 0.3) is 21.9 Å². The number of hydrogen-bond donors (Lipinski definition) is 2. The van der Waals surface area contributed by atoms with E-state index in [-0.39, 0.29) is 0 Å². The summed E-state index contributed by atoms with van der Waals surface area (Å²) in [5.41, 5.74) is 2.15. The van der Waals surface area contributed by atoms with E-state index >= 15 is 0 Å². The zero-order chi connectivity index (χ0) is 16.6. The molecule has 0 radical (unpaired) electrons. The van der Waals surface area contributed by atoms with Crippen LogP contribution in [0.3, 0.4) is 0 Å². The molecule has 4 rings (SSSR count). The van der Waals surface area contributed by atoms with Crippen LogP contribution in [0.2, 0.25) is 0 Å². The standard InChI is InChI=1S/C19H16N4O/c1-19(24,18-10-22-12-23-18)17-4-2-3-13-5-6-14(7-16(13)17)15-8-20-11-21-9-15/h2-12,24H,1H3,(H,22,23). The van der Waals surface area contributed by atoms with Crippen LogP contribution in [0, 0.1) is 0 Å². The van der Waals surface area contributed by atoms with E-state index in [1.54, 1.807) is 31.8 Å². The van der Waals surface area contributed by atoms with Crippen molar-refractivity contribution in [3.63, 3.8) is 0 Å². The van der Waals surface area contributed by atoms with Crippen molar-refractivity contribution in [1.82, 2.24) is 19.9 Å². The van der Waals surface area contributed by atoms with Crippen LogP contribution in [0.1, 0.15) is 18.2 Å². The van der Waals surface area contributed by atoms with E-state index in [1.807, 2.05) is 30.3 Å². The SMILES string of the molecule is CC(O)(c1c[nH]cn1)c1cccc2ccc(-c3cncnc3)cc12. The number of rotatable bonds is 3. The van der Waals surface area contributed by atoms with Gasteiger partial charge in [0.25, 0.3) is 0 Å². The van der Waals surface area contributed by atoms with Crippen LogP contribution >= 0.6 is 0 Å². The third kappa shape index (κ3) is 2.35. The zero-order valence-corrected chi connectivity index (χ0v) is 13.1. The first kappa shape index (κ1) is 14.5. The maximum absolute atomic E-state index is 11.1. The van der Waals surface area contributed by atoms with Crippen molar-refractivity contribution in [2.75, 3.05) is 0 Å². The number of fused-ring (bicyclic) bond motifs is 1. The highest BCUT2D eigenvalue weighted by molar-refractivity contribution is 5.90. The fraction of sp³-hybridized carbons (Fsp3) is 0.105. The fourth-order valence-electron chi connectivity index (χ4n) is 2.99. The molecule has 4 aromatic rings. The van der Waals surface area contributed by atoms with Crippen molar-refractivity contribution in [2.45, 2.75) is 12.5 Å². The Hall–Kier alpha value is -3.05. The first-order chi connectivity index (χ1) is 11.7. The molecule has 0 bridgehead atoms. The van der Waals surface area contributed by atoms with Gasteiger partial charge in [-0.15, -0.1) is 0 Å². The van der Waals surface area contributed by atoms with Gasteiger partial charge >= 0.3 is 0 Å². The number of aromatic nitrogens is 4. The molecule has 2 N–H and O–H groups in total. The Morgan fingerprint density at radius 2 is 1.88 bits per heavy atom. The highest BCUT2D eigenvalue weighted by atomic mass is 16.3. The second-order valence-corrected chi connectivity index (χ2v) is 5.90. The summed E-state index contributed by atoms with van der Waals surface area (Å²) in [5, 5.41) is 13.1. The first-order valence-corrected chi connectivity index (χ1v) is 7.66. The predicted molar refractivity (Wildman–Crippen MR) is 92.2 cm³/mol. The Labute approximate surface area is 139 Å². The molecule has 2 heterocycles. The highest BCUT2D eigenvalue weighted by Gasteiger charge is 2.29. The Morgan fingerprint density at radius 1 is 1.04 bits per heavy atom. The van der Waals surface area contributed by atoms with Gasteiger partial charge in [0.15, 0.2) is 0 Å². The molecular formula is C19H16N4O. The number of aromatic amines is 1. The minimum atomic E-state index is -1.19. The Balaban J connectivity index is 1.93. The molecule has 1 atom stereocenters. The minimum Gasteiger partial charge on any atom is -0.379 e. The molecule has 0 aliphatic rings. The topological polar surface area (TPSA) is 74.7 Å². The van der Waals surface area contributed by atoms with Crippen LogP contribution in [0.15, 0.2) is 67.6 Å². The maximum Gasteiger partial charge on any atom is 0.131 e. The lowest BCUT2D eigenvalue weighted by atomic mass is 9.87. The second-order valence-electron chi connectivity index (χ2n) is 5.90. The van der Waals surface area contributed by atoms with Gasteiger partial charge in [0, 0.05) is 24.2 Å². The molecule has 2 aromatic heterocycles. The lowest BCUT2D eigenvalue weighted by Gasteiger charge is -2.23. The summed E-state index contributed by atoms with van der Waals surface area (Å²) in [5.74, 6) is 0. The molecule has 0 amide bonds. The van der Waals surface area contributed by atoms with Crippen molar-refractivity contribution in [1.29, 1.82) is 0 Å². The van der Waals surface area contributed by atoms with Gasteiger partial charge in [-0.05, 0) is 34.9 Å². The molecule has 0 aliphatic heterocycles. The van der Waals surface area contributed by atoms with E-state index < -0.39 is 5.60 Å². The molecule has 2 aromatic carbocycles. The molecule has 0 saturated carbocycles. The van der Waals surface area contributed by atoms with Gasteiger partial charge in [-0.2, -0.15) is 0 Å². The van der Waals surface area contributed by atoms with Gasteiger partial charge in [0.05, 0.1) is 12.0 Å². The van der Waals surface area contributed by atoms with Crippen LogP contribution in [-0.4, -0.2) is 25.0 Å². The highest BCUT2D eigenvalue weighted by Crippen LogP contribution is 2.34. The van der Waals surface area contributed by atoms with Gasteiger partial charge in [0.2, 0.25) is 0 Å². The summed E-state index contributed by atoms with van der Waals surface area (Å²) in [6.07, 6.45) is 8.36. The Morgan fingerprint density at radius 3 is 2.62 bits per heavy atom. The van der Waals surface area contributed by atoms with E-state index in [1.165, 1.54) is 6.33 Å². The van der Waals surface area contributed by atoms with Gasteiger partial charge in [-0.3, -0.25) is 0 Å².